The van der Waals surface area contributed by atoms with E-state index >= 15 is 0 Å². The molecule has 10 heteroatoms. The van der Waals surface area contributed by atoms with Crippen LogP contribution in [-0.4, -0.2) is 40.6 Å². The number of aliphatic imine (C=N–C) groups is 2. The molecule has 1 N–H and O–H groups in total. The minimum absolute atomic E-state index is 0.104. The highest BCUT2D eigenvalue weighted by Crippen LogP contribution is 2.37. The number of amidine groups is 2. The van der Waals surface area contributed by atoms with Crippen LogP contribution in [0.4, 0.5) is 10.1 Å². The molecule has 198 valence electrons. The lowest BCUT2D eigenvalue weighted by Crippen LogP contribution is -2.41. The van der Waals surface area contributed by atoms with Gasteiger partial charge in [-0.1, -0.05) is 54.2 Å². The van der Waals surface area contributed by atoms with Crippen molar-refractivity contribution in [1.29, 1.82) is 0 Å². The number of ether oxygens (including phenoxy) is 2. The van der Waals surface area contributed by atoms with Crippen LogP contribution in [0, 0.1) is 5.82 Å². The molecule has 2 amide bonds. The first kappa shape index (κ1) is 25.3. The molecule has 3 aromatic carbocycles. The third-order valence-corrected chi connectivity index (χ3v) is 7.62. The van der Waals surface area contributed by atoms with Crippen molar-refractivity contribution in [3.05, 3.63) is 94.8 Å². The second-order valence-electron chi connectivity index (χ2n) is 9.31. The molecule has 3 aliphatic heterocycles. The molecule has 3 heterocycles. The van der Waals surface area contributed by atoms with E-state index in [-0.39, 0.29) is 43.9 Å². The normalized spacial score (nSPS) is 17.4. The zero-order chi connectivity index (χ0) is 26.8. The second-order valence-corrected chi connectivity index (χ2v) is 10.2. The molecule has 6 rings (SSSR count). The topological polar surface area (TPSA) is 92.6 Å². The van der Waals surface area contributed by atoms with Crippen molar-refractivity contribution in [3.63, 3.8) is 0 Å². The maximum absolute atomic E-state index is 14.3. The molecule has 0 aromatic heterocycles. The Morgan fingerprint density at radius 3 is 2.82 bits per heavy atom. The van der Waals surface area contributed by atoms with Crippen LogP contribution in [-0.2, 0) is 33.2 Å². The molecule has 0 fully saturated rings. The number of nitrogens with one attached hydrogen (secondary N) is 1. The number of thioether (sulfide) groups is 1. The zero-order valence-electron chi connectivity index (χ0n) is 20.9. The molecule has 8 nitrogen and oxygen atoms in total. The third kappa shape index (κ3) is 5.30. The smallest absolute Gasteiger partial charge is 0.259 e. The van der Waals surface area contributed by atoms with Gasteiger partial charge in [0.25, 0.3) is 5.91 Å². The minimum Gasteiger partial charge on any atom is -0.467 e. The van der Waals surface area contributed by atoms with Gasteiger partial charge in [0.15, 0.2) is 12.0 Å². The average Bonchev–Trinajstić information content (AvgIpc) is 3.30. The summed E-state index contributed by atoms with van der Waals surface area (Å²) in [6.07, 6.45) is 0.453. The summed E-state index contributed by atoms with van der Waals surface area (Å²) < 4.78 is 25.2. The number of hydrogen-bond donors (Lipinski definition) is 1. The van der Waals surface area contributed by atoms with E-state index in [1.54, 1.807) is 0 Å². The summed E-state index contributed by atoms with van der Waals surface area (Å²) in [5.74, 6) is 0.721. The van der Waals surface area contributed by atoms with E-state index in [0.717, 1.165) is 11.1 Å². The van der Waals surface area contributed by atoms with Gasteiger partial charge in [0.05, 0.1) is 12.3 Å². The van der Waals surface area contributed by atoms with Crippen molar-refractivity contribution < 1.29 is 23.5 Å². The molecule has 0 saturated carbocycles. The van der Waals surface area contributed by atoms with Gasteiger partial charge in [0.1, 0.15) is 23.4 Å². The first-order chi connectivity index (χ1) is 19.1. The first-order valence-corrected chi connectivity index (χ1v) is 13.6. The Labute approximate surface area is 228 Å². The van der Waals surface area contributed by atoms with E-state index in [9.17, 15) is 14.0 Å². The van der Waals surface area contributed by atoms with Crippen LogP contribution in [0.1, 0.15) is 35.1 Å². The van der Waals surface area contributed by atoms with E-state index < -0.39 is 6.04 Å². The molecular formula is C29H25FN4O4S. The number of amides is 2. The van der Waals surface area contributed by atoms with E-state index in [0.29, 0.717) is 45.9 Å². The average molecular weight is 545 g/mol. The molecule has 0 unspecified atom stereocenters. The van der Waals surface area contributed by atoms with Gasteiger partial charge in [-0.2, -0.15) is 0 Å². The highest BCUT2D eigenvalue weighted by molar-refractivity contribution is 8.13. The van der Waals surface area contributed by atoms with Crippen LogP contribution in [0.15, 0.2) is 76.7 Å². The lowest BCUT2D eigenvalue weighted by molar-refractivity contribution is -0.125. The van der Waals surface area contributed by atoms with Crippen molar-refractivity contribution in [3.8, 4) is 5.75 Å². The maximum atomic E-state index is 14.3. The lowest BCUT2D eigenvalue weighted by atomic mass is 10.1. The SMILES string of the molecule is O=C(CC[C@H]1N=C2c3ccccc3N=C(SCc3cc(F)cc4c3OCOC4)N2C1=O)NCc1ccccc1. The number of fused-ring (bicyclic) bond motifs is 4. The fraction of sp³-hybridized carbons (Fsp3) is 0.241. The fourth-order valence-electron chi connectivity index (χ4n) is 4.75. The van der Waals surface area contributed by atoms with E-state index in [1.165, 1.54) is 28.8 Å². The van der Waals surface area contributed by atoms with Crippen molar-refractivity contribution in [2.75, 3.05) is 6.79 Å². The fourth-order valence-corrected chi connectivity index (χ4v) is 5.71. The van der Waals surface area contributed by atoms with Crippen LogP contribution >= 0.6 is 11.8 Å². The number of para-hydroxylation sites is 1. The molecule has 0 spiro atoms. The number of halogens is 1. The molecule has 3 aliphatic rings. The van der Waals surface area contributed by atoms with Gasteiger partial charge in [-0.3, -0.25) is 14.6 Å². The van der Waals surface area contributed by atoms with E-state index in [2.05, 4.69) is 5.32 Å². The lowest BCUT2D eigenvalue weighted by Gasteiger charge is -2.26. The van der Waals surface area contributed by atoms with Gasteiger partial charge in [0, 0.05) is 35.4 Å². The van der Waals surface area contributed by atoms with E-state index in [4.69, 9.17) is 19.5 Å². The van der Waals surface area contributed by atoms with Crippen LogP contribution in [0.5, 0.6) is 5.75 Å². The molecule has 0 aliphatic carbocycles. The van der Waals surface area contributed by atoms with Gasteiger partial charge in [-0.15, -0.1) is 0 Å². The molecule has 0 bridgehead atoms. The number of hydrogen-bond acceptors (Lipinski definition) is 7. The number of benzene rings is 3. The zero-order valence-corrected chi connectivity index (χ0v) is 21.7. The number of rotatable bonds is 7. The Morgan fingerprint density at radius 2 is 1.95 bits per heavy atom. The van der Waals surface area contributed by atoms with Crippen molar-refractivity contribution >= 4 is 40.3 Å². The Balaban J connectivity index is 1.18. The second kappa shape index (κ2) is 11.0. The highest BCUT2D eigenvalue weighted by Gasteiger charge is 2.41. The molecular weight excluding hydrogens is 519 g/mol. The number of carbonyl (C=O) groups excluding carboxylic acids is 2. The Kier molecular flexibility index (Phi) is 7.12. The van der Waals surface area contributed by atoms with Crippen molar-refractivity contribution in [2.45, 2.75) is 37.8 Å². The Morgan fingerprint density at radius 1 is 1.13 bits per heavy atom. The predicted octanol–water partition coefficient (Wildman–Crippen LogP) is 4.68. The monoisotopic (exact) mass is 544 g/mol. The quantitative estimate of drug-likeness (QED) is 0.466. The summed E-state index contributed by atoms with van der Waals surface area (Å²) in [5.41, 5.74) is 3.78. The number of carbonyl (C=O) groups is 2. The predicted molar refractivity (Wildman–Crippen MR) is 146 cm³/mol. The highest BCUT2D eigenvalue weighted by atomic mass is 32.2. The molecule has 0 radical (unpaired) electrons. The van der Waals surface area contributed by atoms with Gasteiger partial charge in [-0.25, -0.2) is 14.3 Å². The van der Waals surface area contributed by atoms with E-state index in [1.807, 2.05) is 54.6 Å². The summed E-state index contributed by atoms with van der Waals surface area (Å²) in [6.45, 7) is 0.813. The van der Waals surface area contributed by atoms with Gasteiger partial charge < -0.3 is 14.8 Å². The van der Waals surface area contributed by atoms with Gasteiger partial charge >= 0.3 is 0 Å². The third-order valence-electron chi connectivity index (χ3n) is 6.63. The van der Waals surface area contributed by atoms with Crippen molar-refractivity contribution in [2.24, 2.45) is 9.98 Å². The van der Waals surface area contributed by atoms with Crippen molar-refractivity contribution in [1.82, 2.24) is 10.2 Å². The largest absolute Gasteiger partial charge is 0.467 e. The minimum atomic E-state index is -0.693. The Hall–Kier alpha value is -4.02. The van der Waals surface area contributed by atoms with Crippen LogP contribution in [0.2, 0.25) is 0 Å². The summed E-state index contributed by atoms with van der Waals surface area (Å²) in [5, 5.41) is 3.36. The van der Waals surface area contributed by atoms with Crippen LogP contribution in [0.25, 0.3) is 0 Å². The van der Waals surface area contributed by atoms with Gasteiger partial charge in [-0.05, 0) is 36.2 Å². The summed E-state index contributed by atoms with van der Waals surface area (Å²) in [6, 6.07) is 19.3. The molecule has 39 heavy (non-hydrogen) atoms. The molecule has 3 aromatic rings. The number of nitrogens with zero attached hydrogens (tertiary/aromatic N) is 3. The maximum Gasteiger partial charge on any atom is 0.259 e. The van der Waals surface area contributed by atoms with Gasteiger partial charge in [0.2, 0.25) is 5.91 Å². The summed E-state index contributed by atoms with van der Waals surface area (Å²) in [4.78, 5) is 37.0. The standard InChI is InChI=1S/C29H25FN4O4S/c30-21-12-19-15-37-17-38-26(19)20(13-21)16-39-29-33-23-9-5-4-8-22(23)27-32-24(28(36)34(27)29)10-11-25(35)31-14-18-6-2-1-3-7-18/h1-9,12-13,24H,10-11,14-17H2,(H,31,35)/t24-/m1/s1. The Bertz CT molecular complexity index is 1490. The van der Waals surface area contributed by atoms with Crippen LogP contribution in [0.3, 0.4) is 0 Å². The molecule has 1 atom stereocenters. The summed E-state index contributed by atoms with van der Waals surface area (Å²) >= 11 is 1.32. The first-order valence-electron chi connectivity index (χ1n) is 12.6. The van der Waals surface area contributed by atoms with Crippen LogP contribution < -0.4 is 10.1 Å². The molecule has 0 saturated heterocycles. The summed E-state index contributed by atoms with van der Waals surface area (Å²) in [7, 11) is 0.